The van der Waals surface area contributed by atoms with Crippen LogP contribution in [-0.2, 0) is 0 Å². The van der Waals surface area contributed by atoms with Crippen LogP contribution < -0.4 is 9.47 Å². The minimum atomic E-state index is 0.495. The lowest BCUT2D eigenvalue weighted by Gasteiger charge is -2.10. The summed E-state index contributed by atoms with van der Waals surface area (Å²) in [7, 11) is 0. The zero-order valence-corrected chi connectivity index (χ0v) is 14.9. The molecule has 3 nitrogen and oxygen atoms in total. The number of nitrogens with zero attached hydrogens (tertiary/aromatic N) is 1. The Labute approximate surface area is 154 Å². The van der Waals surface area contributed by atoms with E-state index >= 15 is 0 Å². The average molecular weight is 343 g/mol. The van der Waals surface area contributed by atoms with E-state index in [1.54, 1.807) is 6.26 Å². The van der Waals surface area contributed by atoms with E-state index in [1.165, 1.54) is 5.56 Å². The Kier molecular flexibility index (Phi) is 5.84. The van der Waals surface area contributed by atoms with Gasteiger partial charge >= 0.3 is 0 Å². The van der Waals surface area contributed by atoms with Crippen molar-refractivity contribution >= 4 is 11.6 Å². The molecule has 130 valence electrons. The minimum Gasteiger partial charge on any atom is -0.465 e. The molecule has 0 atom stereocenters. The summed E-state index contributed by atoms with van der Waals surface area (Å²) < 4.78 is 11.7. The predicted molar refractivity (Wildman–Crippen MR) is 106 cm³/mol. The molecule has 0 spiro atoms. The van der Waals surface area contributed by atoms with Crippen molar-refractivity contribution in [2.24, 2.45) is 4.99 Å². The van der Waals surface area contributed by atoms with E-state index in [9.17, 15) is 0 Å². The van der Waals surface area contributed by atoms with Gasteiger partial charge in [0, 0.05) is 5.57 Å². The predicted octanol–water partition coefficient (Wildman–Crippen LogP) is 6.09. The van der Waals surface area contributed by atoms with Gasteiger partial charge in [0.2, 0.25) is 5.90 Å². The third-order valence-corrected chi connectivity index (χ3v) is 3.67. The number of ether oxygens (including phenoxy) is 2. The Hall–Kier alpha value is -3.33. The smallest absolute Gasteiger partial charge is 0.225 e. The largest absolute Gasteiger partial charge is 0.465 e. The molecule has 0 saturated carbocycles. The van der Waals surface area contributed by atoms with Crippen LogP contribution in [0.2, 0.25) is 0 Å². The molecule has 0 aromatic heterocycles. The first-order valence-electron chi connectivity index (χ1n) is 8.48. The van der Waals surface area contributed by atoms with Crippen molar-refractivity contribution < 1.29 is 9.47 Å². The Morgan fingerprint density at radius 2 is 1.38 bits per heavy atom. The van der Waals surface area contributed by atoms with Gasteiger partial charge in [-0.25, -0.2) is 4.99 Å². The number of para-hydroxylation sites is 2. The molecule has 0 aliphatic rings. The van der Waals surface area contributed by atoms with E-state index in [0.29, 0.717) is 5.90 Å². The molecular weight excluding hydrogens is 322 g/mol. The summed E-state index contributed by atoms with van der Waals surface area (Å²) in [6.07, 6.45) is 1.66. The molecule has 0 saturated heterocycles. The normalized spacial score (nSPS) is 11.9. The fourth-order valence-electron chi connectivity index (χ4n) is 2.24. The quantitative estimate of drug-likeness (QED) is 0.319. The van der Waals surface area contributed by atoms with Crippen molar-refractivity contribution in [1.82, 2.24) is 0 Å². The van der Waals surface area contributed by atoms with Gasteiger partial charge in [0.25, 0.3) is 0 Å². The van der Waals surface area contributed by atoms with E-state index < -0.39 is 0 Å². The van der Waals surface area contributed by atoms with Crippen molar-refractivity contribution in [2.45, 2.75) is 13.8 Å². The van der Waals surface area contributed by atoms with E-state index in [-0.39, 0.29) is 0 Å². The number of hydrogen-bond donors (Lipinski definition) is 0. The molecular formula is C23H21NO2. The molecule has 0 N–H and O–H groups in total. The lowest BCUT2D eigenvalue weighted by atomic mass is 10.2. The molecule has 0 fully saturated rings. The van der Waals surface area contributed by atoms with E-state index in [0.717, 1.165) is 22.8 Å². The molecule has 0 unspecified atom stereocenters. The first-order valence-corrected chi connectivity index (χ1v) is 8.48. The van der Waals surface area contributed by atoms with Gasteiger partial charge in [-0.3, -0.25) is 0 Å². The number of benzene rings is 3. The van der Waals surface area contributed by atoms with Gasteiger partial charge in [-0.1, -0.05) is 54.1 Å². The highest BCUT2D eigenvalue weighted by molar-refractivity contribution is 5.96. The molecule has 3 aromatic rings. The molecule has 3 heteroatoms. The molecule has 0 radical (unpaired) electrons. The fraction of sp³-hybridized carbons (Fsp3) is 0.0870. The van der Waals surface area contributed by atoms with Crippen LogP contribution in [0.3, 0.4) is 0 Å². The second kappa shape index (κ2) is 8.67. The monoisotopic (exact) mass is 343 g/mol. The summed E-state index contributed by atoms with van der Waals surface area (Å²) in [5.74, 6) is 1.99. The highest BCUT2D eigenvalue weighted by Gasteiger charge is 2.07. The van der Waals surface area contributed by atoms with Gasteiger partial charge in [0.05, 0.1) is 11.9 Å². The second-order valence-electron chi connectivity index (χ2n) is 5.90. The molecule has 0 bridgehead atoms. The number of hydrogen-bond acceptors (Lipinski definition) is 3. The zero-order valence-electron chi connectivity index (χ0n) is 14.9. The van der Waals surface area contributed by atoms with Crippen LogP contribution in [-0.4, -0.2) is 5.90 Å². The van der Waals surface area contributed by atoms with Gasteiger partial charge in [-0.05, 0) is 50.2 Å². The third-order valence-electron chi connectivity index (χ3n) is 3.67. The third kappa shape index (κ3) is 5.08. The van der Waals surface area contributed by atoms with Crippen LogP contribution in [0.5, 0.6) is 11.5 Å². The van der Waals surface area contributed by atoms with Crippen LogP contribution in [0.4, 0.5) is 5.69 Å². The van der Waals surface area contributed by atoms with Crippen LogP contribution in [0.15, 0.2) is 102 Å². The zero-order chi connectivity index (χ0) is 18.2. The van der Waals surface area contributed by atoms with Crippen LogP contribution in [0.25, 0.3) is 0 Å². The topological polar surface area (TPSA) is 30.8 Å². The second-order valence-corrected chi connectivity index (χ2v) is 5.90. The van der Waals surface area contributed by atoms with Gasteiger partial charge in [0.15, 0.2) is 0 Å². The number of aryl methyl sites for hydroxylation is 1. The summed E-state index contributed by atoms with van der Waals surface area (Å²) in [4.78, 5) is 4.63. The van der Waals surface area contributed by atoms with Crippen molar-refractivity contribution in [3.63, 3.8) is 0 Å². The highest BCUT2D eigenvalue weighted by atomic mass is 16.5. The van der Waals surface area contributed by atoms with Crippen molar-refractivity contribution in [3.05, 3.63) is 102 Å². The van der Waals surface area contributed by atoms with Gasteiger partial charge in [0.1, 0.15) is 11.5 Å². The van der Waals surface area contributed by atoms with Crippen molar-refractivity contribution in [1.29, 1.82) is 0 Å². The molecule has 3 rings (SSSR count). The summed E-state index contributed by atoms with van der Waals surface area (Å²) in [6, 6.07) is 27.2. The first kappa shape index (κ1) is 17.5. The van der Waals surface area contributed by atoms with E-state index in [4.69, 9.17) is 9.47 Å². The molecule has 3 aromatic carbocycles. The summed E-state index contributed by atoms with van der Waals surface area (Å²) >= 11 is 0. The molecule has 0 heterocycles. The first-order chi connectivity index (χ1) is 12.7. The summed E-state index contributed by atoms with van der Waals surface area (Å²) in [5.41, 5.74) is 2.80. The Morgan fingerprint density at radius 1 is 0.769 bits per heavy atom. The SMILES string of the molecule is CC(=COc1ccc(C)cc1)C(=Nc1ccccc1)Oc1ccccc1. The average Bonchev–Trinajstić information content (AvgIpc) is 2.68. The van der Waals surface area contributed by atoms with E-state index in [1.807, 2.05) is 98.8 Å². The maximum absolute atomic E-state index is 5.99. The van der Waals surface area contributed by atoms with Crippen LogP contribution >= 0.6 is 0 Å². The van der Waals surface area contributed by atoms with E-state index in [2.05, 4.69) is 4.99 Å². The number of rotatable bonds is 5. The molecule has 26 heavy (non-hydrogen) atoms. The minimum absolute atomic E-state index is 0.495. The highest BCUT2D eigenvalue weighted by Crippen LogP contribution is 2.18. The van der Waals surface area contributed by atoms with Crippen molar-refractivity contribution in [2.75, 3.05) is 0 Å². The number of aliphatic imine (C=N–C) groups is 1. The van der Waals surface area contributed by atoms with Gasteiger partial charge in [-0.2, -0.15) is 0 Å². The molecule has 0 aliphatic heterocycles. The maximum atomic E-state index is 5.99. The van der Waals surface area contributed by atoms with Crippen LogP contribution in [0.1, 0.15) is 12.5 Å². The van der Waals surface area contributed by atoms with Gasteiger partial charge in [-0.15, -0.1) is 0 Å². The Bertz CT molecular complexity index is 883. The Morgan fingerprint density at radius 3 is 2.04 bits per heavy atom. The maximum Gasteiger partial charge on any atom is 0.225 e. The standard InChI is InChI=1S/C23H21NO2/c1-18-13-15-21(16-14-18)25-17-19(2)23(24-20-9-5-3-6-10-20)26-22-11-7-4-8-12-22/h3-17H,1-2H3. The Balaban J connectivity index is 1.85. The lowest BCUT2D eigenvalue weighted by molar-refractivity contribution is 0.473. The summed E-state index contributed by atoms with van der Waals surface area (Å²) in [5, 5.41) is 0. The fourth-order valence-corrected chi connectivity index (χ4v) is 2.24. The molecule has 0 aliphatic carbocycles. The van der Waals surface area contributed by atoms with Gasteiger partial charge < -0.3 is 9.47 Å². The lowest BCUT2D eigenvalue weighted by Crippen LogP contribution is -2.10. The van der Waals surface area contributed by atoms with Crippen LogP contribution in [0, 0.1) is 6.92 Å². The molecule has 0 amide bonds. The van der Waals surface area contributed by atoms with Crippen molar-refractivity contribution in [3.8, 4) is 11.5 Å². The summed E-state index contributed by atoms with van der Waals surface area (Å²) in [6.45, 7) is 3.96.